The van der Waals surface area contributed by atoms with E-state index in [2.05, 4.69) is 0 Å². The van der Waals surface area contributed by atoms with E-state index in [0.717, 1.165) is 0 Å². The lowest BCUT2D eigenvalue weighted by molar-refractivity contribution is -0.144. The molecule has 0 aromatic carbocycles. The van der Waals surface area contributed by atoms with E-state index in [1.165, 1.54) is 0 Å². The van der Waals surface area contributed by atoms with Crippen LogP contribution >= 0.6 is 34.8 Å². The first-order chi connectivity index (χ1) is 6.85. The Morgan fingerprint density at radius 1 is 1.20 bits per heavy atom. The highest BCUT2D eigenvalue weighted by atomic mass is 35.6. The molecule has 0 rings (SSSR count). The van der Waals surface area contributed by atoms with Gasteiger partial charge in [-0.25, -0.2) is 0 Å². The summed E-state index contributed by atoms with van der Waals surface area (Å²) in [6, 6.07) is 0. The van der Waals surface area contributed by atoms with E-state index in [4.69, 9.17) is 39.5 Å². The third kappa shape index (κ3) is 10.3. The summed E-state index contributed by atoms with van der Waals surface area (Å²) in [5.41, 5.74) is 0. The maximum absolute atomic E-state index is 11.1. The number of carbonyl (C=O) groups excluding carboxylic acids is 2. The Balaban J connectivity index is 3.54. The van der Waals surface area contributed by atoms with Crippen LogP contribution < -0.4 is 0 Å². The van der Waals surface area contributed by atoms with E-state index in [9.17, 15) is 9.59 Å². The molecule has 0 N–H and O–H groups in total. The fourth-order valence-electron chi connectivity index (χ4n) is 0.771. The standard InChI is InChI=1S/C9H13Cl3O3/c1-2-7(13)4-6-15-8(14)3-5-9(10,11)12/h2-6H2,1H3. The molecule has 0 unspecified atom stereocenters. The van der Waals surface area contributed by atoms with Crippen LogP contribution in [0.3, 0.4) is 0 Å². The summed E-state index contributed by atoms with van der Waals surface area (Å²) < 4.78 is 3.34. The number of hydrogen-bond acceptors (Lipinski definition) is 3. The highest BCUT2D eigenvalue weighted by Crippen LogP contribution is 2.31. The van der Waals surface area contributed by atoms with Crippen LogP contribution in [-0.4, -0.2) is 22.2 Å². The van der Waals surface area contributed by atoms with Gasteiger partial charge in [0, 0.05) is 25.7 Å². The molecule has 0 spiro atoms. The van der Waals surface area contributed by atoms with Gasteiger partial charge in [-0.2, -0.15) is 0 Å². The molecule has 0 bridgehead atoms. The smallest absolute Gasteiger partial charge is 0.305 e. The summed E-state index contributed by atoms with van der Waals surface area (Å²) in [6.45, 7) is 1.86. The van der Waals surface area contributed by atoms with Crippen molar-refractivity contribution in [2.75, 3.05) is 6.61 Å². The van der Waals surface area contributed by atoms with Gasteiger partial charge in [-0.3, -0.25) is 9.59 Å². The number of rotatable bonds is 6. The highest BCUT2D eigenvalue weighted by Gasteiger charge is 2.21. The molecule has 15 heavy (non-hydrogen) atoms. The number of carbonyl (C=O) groups is 2. The molecule has 88 valence electrons. The minimum absolute atomic E-state index is 0.0385. The molecule has 0 aromatic rings. The van der Waals surface area contributed by atoms with Gasteiger partial charge in [0.2, 0.25) is 0 Å². The fourth-order valence-corrected chi connectivity index (χ4v) is 1.05. The van der Waals surface area contributed by atoms with Gasteiger partial charge in [-0.15, -0.1) is 0 Å². The minimum atomic E-state index is -1.43. The van der Waals surface area contributed by atoms with Crippen molar-refractivity contribution in [1.29, 1.82) is 0 Å². The first-order valence-corrected chi connectivity index (χ1v) is 5.72. The fraction of sp³-hybridized carbons (Fsp3) is 0.778. The molecule has 0 amide bonds. The summed E-state index contributed by atoms with van der Waals surface area (Å²) >= 11 is 16.4. The van der Waals surface area contributed by atoms with Crippen molar-refractivity contribution in [3.05, 3.63) is 0 Å². The second-order valence-electron chi connectivity index (χ2n) is 2.98. The highest BCUT2D eigenvalue weighted by molar-refractivity contribution is 6.67. The van der Waals surface area contributed by atoms with Gasteiger partial charge in [-0.05, 0) is 0 Å². The van der Waals surface area contributed by atoms with Crippen molar-refractivity contribution in [3.63, 3.8) is 0 Å². The number of esters is 1. The Morgan fingerprint density at radius 2 is 1.80 bits per heavy atom. The predicted octanol–water partition coefficient (Wildman–Crippen LogP) is 3.05. The van der Waals surface area contributed by atoms with Gasteiger partial charge in [0.05, 0.1) is 6.61 Å². The van der Waals surface area contributed by atoms with E-state index in [1.807, 2.05) is 0 Å². The molecular formula is C9H13Cl3O3. The average Bonchev–Trinajstić information content (AvgIpc) is 2.13. The van der Waals surface area contributed by atoms with Gasteiger partial charge in [0.1, 0.15) is 5.78 Å². The lowest BCUT2D eigenvalue weighted by Crippen LogP contribution is -2.12. The van der Waals surface area contributed by atoms with Crippen LogP contribution in [0, 0.1) is 0 Å². The summed E-state index contributed by atoms with van der Waals surface area (Å²) in [5, 5.41) is 0. The summed E-state index contributed by atoms with van der Waals surface area (Å²) in [6.07, 6.45) is 0.844. The number of hydrogen-bond donors (Lipinski definition) is 0. The number of alkyl halides is 3. The normalized spacial score (nSPS) is 11.2. The van der Waals surface area contributed by atoms with E-state index < -0.39 is 9.76 Å². The molecule has 0 fully saturated rings. The monoisotopic (exact) mass is 274 g/mol. The molecule has 0 heterocycles. The Morgan fingerprint density at radius 3 is 2.27 bits per heavy atom. The van der Waals surface area contributed by atoms with E-state index in [1.54, 1.807) is 6.92 Å². The maximum Gasteiger partial charge on any atom is 0.305 e. The van der Waals surface area contributed by atoms with Crippen LogP contribution in [0.15, 0.2) is 0 Å². The van der Waals surface area contributed by atoms with Crippen LogP contribution in [0.1, 0.15) is 32.6 Å². The number of ketones is 1. The predicted molar refractivity (Wildman–Crippen MR) is 60.4 cm³/mol. The van der Waals surface area contributed by atoms with Crippen LogP contribution in [0.4, 0.5) is 0 Å². The Kier molecular flexibility index (Phi) is 7.32. The quantitative estimate of drug-likeness (QED) is 0.553. The average molecular weight is 276 g/mol. The molecule has 0 aromatic heterocycles. The van der Waals surface area contributed by atoms with Crippen LogP contribution in [0.5, 0.6) is 0 Å². The van der Waals surface area contributed by atoms with Crippen molar-refractivity contribution >= 4 is 46.6 Å². The van der Waals surface area contributed by atoms with Crippen LogP contribution in [0.2, 0.25) is 0 Å². The van der Waals surface area contributed by atoms with Crippen molar-refractivity contribution < 1.29 is 14.3 Å². The third-order valence-electron chi connectivity index (χ3n) is 1.65. The van der Waals surface area contributed by atoms with Crippen molar-refractivity contribution in [2.45, 2.75) is 36.4 Å². The van der Waals surface area contributed by atoms with Gasteiger partial charge in [0.25, 0.3) is 0 Å². The maximum atomic E-state index is 11.1. The zero-order chi connectivity index (χ0) is 11.9. The summed E-state index contributed by atoms with van der Waals surface area (Å²) in [7, 11) is 0. The van der Waals surface area contributed by atoms with Gasteiger partial charge < -0.3 is 4.74 Å². The molecule has 0 atom stereocenters. The number of Topliss-reactive ketones (excluding diaryl/α,β-unsaturated/α-hetero) is 1. The molecule has 0 aliphatic heterocycles. The van der Waals surface area contributed by atoms with E-state index in [0.29, 0.717) is 6.42 Å². The number of halogens is 3. The molecule has 0 saturated heterocycles. The zero-order valence-electron chi connectivity index (χ0n) is 8.39. The molecule has 6 heteroatoms. The summed E-state index contributed by atoms with van der Waals surface area (Å²) in [4.78, 5) is 21.9. The molecule has 0 aliphatic rings. The van der Waals surface area contributed by atoms with E-state index in [-0.39, 0.29) is 31.7 Å². The Hall–Kier alpha value is 0.01000. The van der Waals surface area contributed by atoms with Crippen LogP contribution in [-0.2, 0) is 14.3 Å². The van der Waals surface area contributed by atoms with Crippen molar-refractivity contribution in [3.8, 4) is 0 Å². The first kappa shape index (κ1) is 15.0. The second kappa shape index (κ2) is 7.31. The van der Waals surface area contributed by atoms with Crippen molar-refractivity contribution in [1.82, 2.24) is 0 Å². The number of ether oxygens (including phenoxy) is 1. The Labute approximate surface area is 104 Å². The van der Waals surface area contributed by atoms with Gasteiger partial charge >= 0.3 is 5.97 Å². The van der Waals surface area contributed by atoms with Gasteiger partial charge in [-0.1, -0.05) is 41.7 Å². The second-order valence-corrected chi connectivity index (χ2v) is 5.49. The third-order valence-corrected chi connectivity index (χ3v) is 2.22. The molecule has 3 nitrogen and oxygen atoms in total. The first-order valence-electron chi connectivity index (χ1n) is 4.59. The molecule has 0 aliphatic carbocycles. The van der Waals surface area contributed by atoms with Crippen LogP contribution in [0.25, 0.3) is 0 Å². The van der Waals surface area contributed by atoms with E-state index >= 15 is 0 Å². The van der Waals surface area contributed by atoms with Gasteiger partial charge in [0.15, 0.2) is 3.79 Å². The lowest BCUT2D eigenvalue weighted by atomic mass is 10.2. The van der Waals surface area contributed by atoms with Crippen molar-refractivity contribution in [2.24, 2.45) is 0 Å². The molecule has 0 radical (unpaired) electrons. The minimum Gasteiger partial charge on any atom is -0.465 e. The zero-order valence-corrected chi connectivity index (χ0v) is 10.7. The topological polar surface area (TPSA) is 43.4 Å². The summed E-state index contributed by atoms with van der Waals surface area (Å²) in [5.74, 6) is -0.394. The largest absolute Gasteiger partial charge is 0.465 e. The molecular weight excluding hydrogens is 262 g/mol. The lowest BCUT2D eigenvalue weighted by Gasteiger charge is -2.09. The SMILES string of the molecule is CCC(=O)CCOC(=O)CCC(Cl)(Cl)Cl. The molecule has 0 saturated carbocycles. The Bertz CT molecular complexity index is 223.